The second kappa shape index (κ2) is 5.75. The minimum Gasteiger partial charge on any atom is -0.317 e. The van der Waals surface area contributed by atoms with Crippen LogP contribution < -0.4 is 5.32 Å². The van der Waals surface area contributed by atoms with Gasteiger partial charge >= 0.3 is 0 Å². The Labute approximate surface area is 85.7 Å². The largest absolute Gasteiger partial charge is 0.317 e. The molecule has 0 aromatic carbocycles. The highest BCUT2D eigenvalue weighted by atomic mass is 15.4. The van der Waals surface area contributed by atoms with E-state index in [1.807, 2.05) is 17.9 Å². The molecule has 1 heterocycles. The Balaban J connectivity index is 2.45. The normalized spacial score (nSPS) is 13.1. The van der Waals surface area contributed by atoms with Gasteiger partial charge in [-0.25, -0.2) is 4.68 Å². The van der Waals surface area contributed by atoms with E-state index in [1.165, 1.54) is 5.69 Å². The van der Waals surface area contributed by atoms with E-state index in [4.69, 9.17) is 0 Å². The highest BCUT2D eigenvalue weighted by Gasteiger charge is 2.04. The molecule has 0 aliphatic heterocycles. The first-order valence-electron chi connectivity index (χ1n) is 5.32. The summed E-state index contributed by atoms with van der Waals surface area (Å²) in [5.74, 6) is 0. The van der Waals surface area contributed by atoms with Crippen molar-refractivity contribution in [2.24, 2.45) is 0 Å². The Morgan fingerprint density at radius 2 is 2.36 bits per heavy atom. The van der Waals surface area contributed by atoms with Gasteiger partial charge in [0.25, 0.3) is 0 Å². The van der Waals surface area contributed by atoms with Crippen LogP contribution in [0.4, 0.5) is 0 Å². The topological polar surface area (TPSA) is 42.7 Å². The lowest BCUT2D eigenvalue weighted by atomic mass is 10.1. The van der Waals surface area contributed by atoms with Crippen LogP contribution in [0.2, 0.25) is 0 Å². The van der Waals surface area contributed by atoms with E-state index < -0.39 is 0 Å². The molecule has 80 valence electrons. The number of aryl methyl sites for hydroxylation is 2. The van der Waals surface area contributed by atoms with E-state index >= 15 is 0 Å². The maximum absolute atomic E-state index is 4.06. The summed E-state index contributed by atoms with van der Waals surface area (Å²) in [6, 6.07) is 0.556. The maximum atomic E-state index is 4.06. The van der Waals surface area contributed by atoms with Gasteiger partial charge in [0.2, 0.25) is 0 Å². The molecule has 1 unspecified atom stereocenters. The quantitative estimate of drug-likeness (QED) is 0.744. The third-order valence-corrected chi connectivity index (χ3v) is 2.46. The molecule has 1 rings (SSSR count). The third kappa shape index (κ3) is 3.10. The molecule has 0 saturated heterocycles. The molecule has 0 saturated carbocycles. The number of nitrogens with zero attached hydrogens (tertiary/aromatic N) is 3. The van der Waals surface area contributed by atoms with Gasteiger partial charge in [0.05, 0.1) is 11.9 Å². The van der Waals surface area contributed by atoms with Crippen molar-refractivity contribution in [3.63, 3.8) is 0 Å². The number of hydrogen-bond acceptors (Lipinski definition) is 3. The van der Waals surface area contributed by atoms with Crippen LogP contribution in [0.3, 0.4) is 0 Å². The van der Waals surface area contributed by atoms with Crippen LogP contribution in [0.5, 0.6) is 0 Å². The zero-order valence-electron chi connectivity index (χ0n) is 9.32. The smallest absolute Gasteiger partial charge is 0.0725 e. The molecule has 0 fully saturated rings. The second-order valence-corrected chi connectivity index (χ2v) is 3.68. The van der Waals surface area contributed by atoms with Gasteiger partial charge in [-0.3, -0.25) is 0 Å². The lowest BCUT2D eigenvalue weighted by molar-refractivity contribution is 0.519. The van der Waals surface area contributed by atoms with Crippen molar-refractivity contribution in [2.75, 3.05) is 7.05 Å². The number of hydrogen-bond donors (Lipinski definition) is 1. The summed E-state index contributed by atoms with van der Waals surface area (Å²) in [5.41, 5.74) is 1.24. The van der Waals surface area contributed by atoms with Crippen molar-refractivity contribution < 1.29 is 0 Å². The van der Waals surface area contributed by atoms with Gasteiger partial charge in [-0.1, -0.05) is 12.1 Å². The first-order valence-corrected chi connectivity index (χ1v) is 5.32. The Morgan fingerprint density at radius 1 is 1.57 bits per heavy atom. The lowest BCUT2D eigenvalue weighted by Gasteiger charge is -2.09. The number of rotatable bonds is 6. The van der Waals surface area contributed by atoms with E-state index in [2.05, 4.69) is 29.5 Å². The van der Waals surface area contributed by atoms with Crippen LogP contribution in [0.15, 0.2) is 6.20 Å². The van der Waals surface area contributed by atoms with E-state index in [9.17, 15) is 0 Å². The predicted molar refractivity (Wildman–Crippen MR) is 57.2 cm³/mol. The summed E-state index contributed by atoms with van der Waals surface area (Å²) in [5, 5.41) is 11.2. The molecule has 0 spiro atoms. The van der Waals surface area contributed by atoms with Gasteiger partial charge < -0.3 is 5.32 Å². The molecular weight excluding hydrogens is 176 g/mol. The molecule has 0 aliphatic rings. The average Bonchev–Trinajstić information content (AvgIpc) is 2.62. The summed E-state index contributed by atoms with van der Waals surface area (Å²) >= 11 is 0. The van der Waals surface area contributed by atoms with Crippen molar-refractivity contribution >= 4 is 0 Å². The van der Waals surface area contributed by atoms with Crippen LogP contribution in [0, 0.1) is 0 Å². The molecule has 0 radical (unpaired) electrons. The monoisotopic (exact) mass is 196 g/mol. The van der Waals surface area contributed by atoms with Gasteiger partial charge in [0, 0.05) is 12.6 Å². The molecule has 0 amide bonds. The minimum absolute atomic E-state index is 0.556. The van der Waals surface area contributed by atoms with Crippen LogP contribution in [-0.2, 0) is 13.0 Å². The predicted octanol–water partition coefficient (Wildman–Crippen LogP) is 1.23. The van der Waals surface area contributed by atoms with E-state index in [0.717, 1.165) is 25.8 Å². The molecule has 1 aromatic rings. The third-order valence-electron chi connectivity index (χ3n) is 2.46. The van der Waals surface area contributed by atoms with Crippen LogP contribution >= 0.6 is 0 Å². The highest BCUT2D eigenvalue weighted by molar-refractivity contribution is 4.94. The Hall–Kier alpha value is -0.900. The summed E-state index contributed by atoms with van der Waals surface area (Å²) in [6.45, 7) is 5.32. The molecular formula is C10H20N4. The Bertz CT molecular complexity index is 256. The molecule has 1 atom stereocenters. The Kier molecular flexibility index (Phi) is 4.59. The van der Waals surface area contributed by atoms with Crippen molar-refractivity contribution in [2.45, 2.75) is 45.7 Å². The molecule has 1 N–H and O–H groups in total. The molecule has 0 aliphatic carbocycles. The fourth-order valence-electron chi connectivity index (χ4n) is 1.38. The minimum atomic E-state index is 0.556. The zero-order valence-corrected chi connectivity index (χ0v) is 9.32. The van der Waals surface area contributed by atoms with E-state index in [-0.39, 0.29) is 0 Å². The van der Waals surface area contributed by atoms with Crippen molar-refractivity contribution in [3.05, 3.63) is 11.9 Å². The summed E-state index contributed by atoms with van der Waals surface area (Å²) in [7, 11) is 1.99. The first-order chi connectivity index (χ1) is 6.77. The molecule has 0 bridgehead atoms. The molecule has 4 nitrogen and oxygen atoms in total. The van der Waals surface area contributed by atoms with Gasteiger partial charge in [-0.05, 0) is 33.2 Å². The molecule has 1 aromatic heterocycles. The average molecular weight is 196 g/mol. The van der Waals surface area contributed by atoms with Crippen molar-refractivity contribution in [1.29, 1.82) is 0 Å². The Morgan fingerprint density at radius 3 is 3.00 bits per heavy atom. The van der Waals surface area contributed by atoms with Crippen molar-refractivity contribution in [3.8, 4) is 0 Å². The van der Waals surface area contributed by atoms with Crippen molar-refractivity contribution in [1.82, 2.24) is 20.3 Å². The summed E-state index contributed by atoms with van der Waals surface area (Å²) in [4.78, 5) is 0. The highest BCUT2D eigenvalue weighted by Crippen LogP contribution is 2.04. The van der Waals surface area contributed by atoms with Crippen LogP contribution in [0.1, 0.15) is 32.4 Å². The fraction of sp³-hybridized carbons (Fsp3) is 0.800. The SMILES string of the molecule is CCCn1nncc1CCC(C)NC. The van der Waals surface area contributed by atoms with Crippen LogP contribution in [0.25, 0.3) is 0 Å². The molecule has 4 heteroatoms. The number of nitrogens with one attached hydrogen (secondary N) is 1. The lowest BCUT2D eigenvalue weighted by Crippen LogP contribution is -2.22. The van der Waals surface area contributed by atoms with Gasteiger partial charge in [-0.2, -0.15) is 0 Å². The summed E-state index contributed by atoms with van der Waals surface area (Å²) in [6.07, 6.45) is 5.17. The molecule has 14 heavy (non-hydrogen) atoms. The van der Waals surface area contributed by atoms with Gasteiger partial charge in [0.15, 0.2) is 0 Å². The second-order valence-electron chi connectivity index (χ2n) is 3.68. The summed E-state index contributed by atoms with van der Waals surface area (Å²) < 4.78 is 2.00. The maximum Gasteiger partial charge on any atom is 0.0725 e. The van der Waals surface area contributed by atoms with Gasteiger partial charge in [-0.15, -0.1) is 5.10 Å². The standard InChI is InChI=1S/C10H20N4/c1-4-7-14-10(8-12-13-14)6-5-9(2)11-3/h8-9,11H,4-7H2,1-3H3. The van der Waals surface area contributed by atoms with Gasteiger partial charge in [0.1, 0.15) is 0 Å². The van der Waals surface area contributed by atoms with E-state index in [0.29, 0.717) is 6.04 Å². The fourth-order valence-corrected chi connectivity index (χ4v) is 1.38. The van der Waals surface area contributed by atoms with E-state index in [1.54, 1.807) is 0 Å². The zero-order chi connectivity index (χ0) is 10.4. The van der Waals surface area contributed by atoms with Crippen LogP contribution in [-0.4, -0.2) is 28.1 Å². The number of aromatic nitrogens is 3. The first kappa shape index (κ1) is 11.2.